The topological polar surface area (TPSA) is 31.5 Å². The standard InChI is InChI=1S/C16H26.H2O/c1-15(2,3)11-13-8-7-9-14(10-13)12-16(4,5)6;/h7-10H,11-12H2,1-6H3;1H2. The van der Waals surface area contributed by atoms with Gasteiger partial charge in [-0.2, -0.15) is 0 Å². The van der Waals surface area contributed by atoms with Crippen molar-refractivity contribution in [1.29, 1.82) is 0 Å². The normalized spacial score (nSPS) is 12.1. The lowest BCUT2D eigenvalue weighted by molar-refractivity contribution is 0.405. The number of hydrogen-bond donors (Lipinski definition) is 0. The molecular formula is C16H28O. The molecule has 0 unspecified atom stereocenters. The lowest BCUT2D eigenvalue weighted by Gasteiger charge is -2.21. The molecule has 0 bridgehead atoms. The predicted octanol–water partition coefficient (Wildman–Crippen LogP) is 4.04. The first kappa shape index (κ1) is 16.2. The van der Waals surface area contributed by atoms with Gasteiger partial charge in [0.25, 0.3) is 0 Å². The Morgan fingerprint density at radius 2 is 1.12 bits per heavy atom. The minimum Gasteiger partial charge on any atom is -0.412 e. The Kier molecular flexibility index (Phi) is 5.41. The number of benzene rings is 1. The smallest absolute Gasteiger partial charge is 0.0230 e. The maximum atomic E-state index is 2.37. The summed E-state index contributed by atoms with van der Waals surface area (Å²) in [5.74, 6) is 0. The van der Waals surface area contributed by atoms with Gasteiger partial charge in [0.05, 0.1) is 0 Å². The fourth-order valence-electron chi connectivity index (χ4n) is 2.07. The van der Waals surface area contributed by atoms with Crippen LogP contribution in [-0.4, -0.2) is 5.48 Å². The van der Waals surface area contributed by atoms with E-state index in [2.05, 4.69) is 65.8 Å². The van der Waals surface area contributed by atoms with Crippen LogP contribution in [-0.2, 0) is 12.8 Å². The van der Waals surface area contributed by atoms with E-state index in [0.717, 1.165) is 12.8 Å². The molecule has 1 nitrogen and oxygen atoms in total. The molecule has 0 radical (unpaired) electrons. The van der Waals surface area contributed by atoms with Crippen molar-refractivity contribution in [2.75, 3.05) is 0 Å². The Balaban J connectivity index is 0.00000256. The summed E-state index contributed by atoms with van der Waals surface area (Å²) < 4.78 is 0. The molecule has 1 rings (SSSR count). The van der Waals surface area contributed by atoms with E-state index in [1.165, 1.54) is 11.1 Å². The quantitative estimate of drug-likeness (QED) is 0.742. The summed E-state index contributed by atoms with van der Waals surface area (Å²) >= 11 is 0. The van der Waals surface area contributed by atoms with Crippen LogP contribution >= 0.6 is 0 Å². The molecule has 0 aliphatic carbocycles. The highest BCUT2D eigenvalue weighted by atomic mass is 16.0. The Morgan fingerprint density at radius 1 is 0.765 bits per heavy atom. The maximum absolute atomic E-state index is 2.37. The van der Waals surface area contributed by atoms with Gasteiger partial charge in [-0.25, -0.2) is 0 Å². The summed E-state index contributed by atoms with van der Waals surface area (Å²) in [4.78, 5) is 0. The van der Waals surface area contributed by atoms with Gasteiger partial charge in [0, 0.05) is 0 Å². The van der Waals surface area contributed by atoms with Crippen LogP contribution in [0.15, 0.2) is 24.3 Å². The molecule has 2 N–H and O–H groups in total. The van der Waals surface area contributed by atoms with Crippen LogP contribution in [0, 0.1) is 10.8 Å². The molecule has 1 aromatic rings. The minimum atomic E-state index is 0. The fourth-order valence-corrected chi connectivity index (χ4v) is 2.07. The van der Waals surface area contributed by atoms with E-state index in [4.69, 9.17) is 0 Å². The zero-order chi connectivity index (χ0) is 12.4. The van der Waals surface area contributed by atoms with Crippen molar-refractivity contribution in [3.05, 3.63) is 35.4 Å². The van der Waals surface area contributed by atoms with E-state index < -0.39 is 0 Å². The van der Waals surface area contributed by atoms with Gasteiger partial charge in [0.2, 0.25) is 0 Å². The highest BCUT2D eigenvalue weighted by molar-refractivity contribution is 5.25. The van der Waals surface area contributed by atoms with Crippen LogP contribution in [0.25, 0.3) is 0 Å². The van der Waals surface area contributed by atoms with E-state index in [9.17, 15) is 0 Å². The Labute approximate surface area is 107 Å². The monoisotopic (exact) mass is 236 g/mol. The molecule has 0 aromatic heterocycles. The van der Waals surface area contributed by atoms with Crippen molar-refractivity contribution in [3.8, 4) is 0 Å². The van der Waals surface area contributed by atoms with Gasteiger partial charge in [-0.1, -0.05) is 65.8 Å². The average Bonchev–Trinajstić information content (AvgIpc) is 1.96. The predicted molar refractivity (Wildman–Crippen MR) is 76.4 cm³/mol. The molecule has 98 valence electrons. The molecule has 0 amide bonds. The molecule has 1 heteroatoms. The molecule has 0 spiro atoms. The van der Waals surface area contributed by atoms with Crippen LogP contribution in [0.3, 0.4) is 0 Å². The van der Waals surface area contributed by atoms with E-state index in [1.54, 1.807) is 0 Å². The van der Waals surface area contributed by atoms with Crippen molar-refractivity contribution < 1.29 is 5.48 Å². The zero-order valence-electron chi connectivity index (χ0n) is 12.2. The Bertz CT molecular complexity index is 308. The van der Waals surface area contributed by atoms with Crippen molar-refractivity contribution in [2.45, 2.75) is 54.4 Å². The highest BCUT2D eigenvalue weighted by Gasteiger charge is 2.14. The first-order chi connectivity index (χ1) is 7.16. The lowest BCUT2D eigenvalue weighted by atomic mass is 9.85. The molecule has 0 aliphatic heterocycles. The van der Waals surface area contributed by atoms with Gasteiger partial charge >= 0.3 is 0 Å². The molecule has 0 saturated carbocycles. The second-order valence-electron chi connectivity index (χ2n) is 7.29. The first-order valence-electron chi connectivity index (χ1n) is 6.24. The second-order valence-corrected chi connectivity index (χ2v) is 7.29. The lowest BCUT2D eigenvalue weighted by Crippen LogP contribution is -2.11. The molecule has 17 heavy (non-hydrogen) atoms. The first-order valence-corrected chi connectivity index (χ1v) is 6.24. The minimum absolute atomic E-state index is 0. The average molecular weight is 236 g/mol. The SMILES string of the molecule is CC(C)(C)Cc1cccc(CC(C)(C)C)c1.O. The van der Waals surface area contributed by atoms with E-state index in [0.29, 0.717) is 10.8 Å². The Hall–Kier alpha value is -0.820. The van der Waals surface area contributed by atoms with Crippen LogP contribution < -0.4 is 0 Å². The van der Waals surface area contributed by atoms with Crippen LogP contribution in [0.1, 0.15) is 52.7 Å². The summed E-state index contributed by atoms with van der Waals surface area (Å²) in [5.41, 5.74) is 3.68. The van der Waals surface area contributed by atoms with Gasteiger partial charge in [-0.3, -0.25) is 0 Å². The van der Waals surface area contributed by atoms with Gasteiger partial charge in [-0.05, 0) is 34.8 Å². The summed E-state index contributed by atoms with van der Waals surface area (Å²) in [5, 5.41) is 0. The van der Waals surface area contributed by atoms with E-state index in [-0.39, 0.29) is 5.48 Å². The van der Waals surface area contributed by atoms with E-state index >= 15 is 0 Å². The third-order valence-corrected chi connectivity index (χ3v) is 2.46. The fraction of sp³-hybridized carbons (Fsp3) is 0.625. The molecule has 0 fully saturated rings. The molecule has 0 atom stereocenters. The van der Waals surface area contributed by atoms with Gasteiger partial charge in [0.15, 0.2) is 0 Å². The number of rotatable bonds is 2. The van der Waals surface area contributed by atoms with Gasteiger partial charge < -0.3 is 5.48 Å². The molecule has 0 aliphatic rings. The number of hydrogen-bond acceptors (Lipinski definition) is 0. The van der Waals surface area contributed by atoms with Crippen molar-refractivity contribution in [2.24, 2.45) is 10.8 Å². The van der Waals surface area contributed by atoms with Crippen molar-refractivity contribution in [1.82, 2.24) is 0 Å². The van der Waals surface area contributed by atoms with E-state index in [1.807, 2.05) is 0 Å². The molecular weight excluding hydrogens is 208 g/mol. The molecule has 0 heterocycles. The largest absolute Gasteiger partial charge is 0.412 e. The van der Waals surface area contributed by atoms with Gasteiger partial charge in [-0.15, -0.1) is 0 Å². The van der Waals surface area contributed by atoms with Gasteiger partial charge in [0.1, 0.15) is 0 Å². The highest BCUT2D eigenvalue weighted by Crippen LogP contribution is 2.24. The Morgan fingerprint density at radius 3 is 1.41 bits per heavy atom. The third-order valence-electron chi connectivity index (χ3n) is 2.46. The summed E-state index contributed by atoms with van der Waals surface area (Å²) in [6, 6.07) is 9.06. The third kappa shape index (κ3) is 7.17. The molecule has 0 saturated heterocycles. The molecule has 1 aromatic carbocycles. The van der Waals surface area contributed by atoms with Crippen LogP contribution in [0.4, 0.5) is 0 Å². The van der Waals surface area contributed by atoms with Crippen LogP contribution in [0.2, 0.25) is 0 Å². The van der Waals surface area contributed by atoms with Crippen molar-refractivity contribution >= 4 is 0 Å². The van der Waals surface area contributed by atoms with Crippen LogP contribution in [0.5, 0.6) is 0 Å². The summed E-state index contributed by atoms with van der Waals surface area (Å²) in [7, 11) is 0. The summed E-state index contributed by atoms with van der Waals surface area (Å²) in [6.45, 7) is 13.8. The van der Waals surface area contributed by atoms with Crippen molar-refractivity contribution in [3.63, 3.8) is 0 Å². The summed E-state index contributed by atoms with van der Waals surface area (Å²) in [6.07, 6.45) is 2.32. The second kappa shape index (κ2) is 5.68. The maximum Gasteiger partial charge on any atom is -0.0230 e. The zero-order valence-corrected chi connectivity index (χ0v) is 12.2.